The minimum absolute atomic E-state index is 0.0532. The highest BCUT2D eigenvalue weighted by molar-refractivity contribution is 6.31. The molecule has 1 aliphatic rings. The maximum atomic E-state index is 6.01. The van der Waals surface area contributed by atoms with Gasteiger partial charge in [0.1, 0.15) is 6.10 Å². The van der Waals surface area contributed by atoms with Gasteiger partial charge < -0.3 is 15.2 Å². The molecule has 1 fully saturated rings. The number of aromatic nitrogens is 4. The molecule has 1 aliphatic heterocycles. The average Bonchev–Trinajstić information content (AvgIpc) is 2.87. The molecule has 20 heavy (non-hydrogen) atoms. The Labute approximate surface area is 120 Å². The third kappa shape index (κ3) is 2.90. The van der Waals surface area contributed by atoms with Crippen molar-refractivity contribution in [2.45, 2.75) is 12.6 Å². The second-order valence-electron chi connectivity index (χ2n) is 4.53. The van der Waals surface area contributed by atoms with Crippen molar-refractivity contribution in [2.24, 2.45) is 0 Å². The van der Waals surface area contributed by atoms with Gasteiger partial charge >= 0.3 is 0 Å². The Kier molecular flexibility index (Phi) is 3.81. The van der Waals surface area contributed by atoms with Crippen molar-refractivity contribution in [3.05, 3.63) is 23.2 Å². The second-order valence-corrected chi connectivity index (χ2v) is 4.96. The van der Waals surface area contributed by atoms with Crippen LogP contribution >= 0.6 is 11.6 Å². The Morgan fingerprint density at radius 2 is 2.25 bits per heavy atom. The van der Waals surface area contributed by atoms with Gasteiger partial charge in [-0.3, -0.25) is 0 Å². The van der Waals surface area contributed by atoms with E-state index in [2.05, 4.69) is 15.5 Å². The lowest BCUT2D eigenvalue weighted by molar-refractivity contribution is -0.0946. The fourth-order valence-corrected chi connectivity index (χ4v) is 2.35. The van der Waals surface area contributed by atoms with Gasteiger partial charge in [-0.25, -0.2) is 4.68 Å². The van der Waals surface area contributed by atoms with E-state index in [1.807, 2.05) is 0 Å². The van der Waals surface area contributed by atoms with Crippen molar-refractivity contribution in [2.75, 3.05) is 25.6 Å². The number of anilines is 1. The zero-order valence-electron chi connectivity index (χ0n) is 10.7. The van der Waals surface area contributed by atoms with Crippen molar-refractivity contribution in [3.63, 3.8) is 0 Å². The van der Waals surface area contributed by atoms with Crippen LogP contribution in [-0.4, -0.2) is 46.1 Å². The first-order chi connectivity index (χ1) is 9.72. The number of hydrogen-bond donors (Lipinski definition) is 1. The van der Waals surface area contributed by atoms with Crippen LogP contribution in [0.2, 0.25) is 5.02 Å². The molecule has 0 spiro atoms. The number of halogens is 1. The molecule has 0 bridgehead atoms. The molecule has 1 unspecified atom stereocenters. The molecule has 0 saturated carbocycles. The molecule has 0 radical (unpaired) electrons. The highest BCUT2D eigenvalue weighted by Crippen LogP contribution is 2.24. The molecule has 0 amide bonds. The van der Waals surface area contributed by atoms with E-state index in [4.69, 9.17) is 26.8 Å². The molecule has 106 valence electrons. The van der Waals surface area contributed by atoms with Gasteiger partial charge in [-0.1, -0.05) is 11.6 Å². The van der Waals surface area contributed by atoms with Crippen molar-refractivity contribution in [1.82, 2.24) is 20.2 Å². The first kappa shape index (κ1) is 13.3. The van der Waals surface area contributed by atoms with Gasteiger partial charge in [0, 0.05) is 16.3 Å². The molecule has 1 aromatic heterocycles. The van der Waals surface area contributed by atoms with Crippen LogP contribution in [0.3, 0.4) is 0 Å². The van der Waals surface area contributed by atoms with Gasteiger partial charge in [0.15, 0.2) is 5.82 Å². The molecule has 1 atom stereocenters. The summed E-state index contributed by atoms with van der Waals surface area (Å²) in [5.74, 6) is 0.605. The molecule has 0 aliphatic carbocycles. The summed E-state index contributed by atoms with van der Waals surface area (Å²) in [6.07, 6.45) is -0.0532. The number of ether oxygens (including phenoxy) is 2. The maximum absolute atomic E-state index is 6.01. The Morgan fingerprint density at radius 3 is 3.00 bits per heavy atom. The minimum atomic E-state index is -0.0532. The van der Waals surface area contributed by atoms with Crippen LogP contribution in [0.1, 0.15) is 0 Å². The van der Waals surface area contributed by atoms with Crippen LogP contribution in [0.5, 0.6) is 0 Å². The summed E-state index contributed by atoms with van der Waals surface area (Å²) in [4.78, 5) is 0. The van der Waals surface area contributed by atoms with E-state index in [-0.39, 0.29) is 6.10 Å². The van der Waals surface area contributed by atoms with Crippen molar-refractivity contribution in [3.8, 4) is 11.4 Å². The Balaban J connectivity index is 1.85. The minimum Gasteiger partial charge on any atom is -0.399 e. The summed E-state index contributed by atoms with van der Waals surface area (Å²) in [7, 11) is 0. The monoisotopic (exact) mass is 295 g/mol. The summed E-state index contributed by atoms with van der Waals surface area (Å²) in [6.45, 7) is 2.28. The van der Waals surface area contributed by atoms with E-state index in [1.54, 1.807) is 22.9 Å². The van der Waals surface area contributed by atoms with Gasteiger partial charge in [-0.15, -0.1) is 5.10 Å². The quantitative estimate of drug-likeness (QED) is 0.850. The topological polar surface area (TPSA) is 88.1 Å². The van der Waals surface area contributed by atoms with Gasteiger partial charge in [0.25, 0.3) is 0 Å². The number of hydrogen-bond acceptors (Lipinski definition) is 6. The third-order valence-corrected chi connectivity index (χ3v) is 3.19. The molecule has 2 aromatic rings. The van der Waals surface area contributed by atoms with Crippen LogP contribution in [0.15, 0.2) is 18.2 Å². The van der Waals surface area contributed by atoms with Crippen molar-refractivity contribution in [1.29, 1.82) is 0 Å². The molecular formula is C12H14ClN5O2. The van der Waals surface area contributed by atoms with Crippen LogP contribution in [-0.2, 0) is 16.0 Å². The van der Waals surface area contributed by atoms with Gasteiger partial charge in [0.2, 0.25) is 0 Å². The maximum Gasteiger partial charge on any atom is 0.182 e. The van der Waals surface area contributed by atoms with Crippen LogP contribution < -0.4 is 5.73 Å². The molecule has 2 heterocycles. The number of rotatable bonds is 3. The zero-order chi connectivity index (χ0) is 13.9. The standard InChI is InChI=1S/C12H14ClN5O2/c13-9-3-8(4-10(14)5-9)12-15-16-17-18(12)6-11-7-19-1-2-20-11/h3-5,11H,1-2,6-7,14H2. The van der Waals surface area contributed by atoms with E-state index in [0.717, 1.165) is 5.56 Å². The van der Waals surface area contributed by atoms with E-state index in [9.17, 15) is 0 Å². The fourth-order valence-electron chi connectivity index (χ4n) is 2.11. The summed E-state index contributed by atoms with van der Waals surface area (Å²) in [6, 6.07) is 5.24. The Morgan fingerprint density at radius 1 is 1.35 bits per heavy atom. The molecular weight excluding hydrogens is 282 g/mol. The van der Waals surface area contributed by atoms with Crippen molar-refractivity contribution < 1.29 is 9.47 Å². The van der Waals surface area contributed by atoms with E-state index in [0.29, 0.717) is 42.9 Å². The first-order valence-corrected chi connectivity index (χ1v) is 6.62. The number of nitrogens with two attached hydrogens (primary N) is 1. The SMILES string of the molecule is Nc1cc(Cl)cc(-c2nnnn2CC2COCCO2)c1. The molecule has 3 rings (SSSR count). The molecule has 1 saturated heterocycles. The molecule has 8 heteroatoms. The summed E-state index contributed by atoms with van der Waals surface area (Å²) < 4.78 is 12.6. The lowest BCUT2D eigenvalue weighted by atomic mass is 10.2. The molecule has 2 N–H and O–H groups in total. The first-order valence-electron chi connectivity index (χ1n) is 6.24. The largest absolute Gasteiger partial charge is 0.399 e. The Hall–Kier alpha value is -1.70. The summed E-state index contributed by atoms with van der Waals surface area (Å²) >= 11 is 6.01. The average molecular weight is 296 g/mol. The van der Waals surface area contributed by atoms with E-state index >= 15 is 0 Å². The second kappa shape index (κ2) is 5.74. The van der Waals surface area contributed by atoms with Crippen molar-refractivity contribution >= 4 is 17.3 Å². The van der Waals surface area contributed by atoms with Crippen LogP contribution in [0.25, 0.3) is 11.4 Å². The highest BCUT2D eigenvalue weighted by Gasteiger charge is 2.18. The number of nitrogen functional groups attached to an aromatic ring is 1. The predicted molar refractivity (Wildman–Crippen MR) is 73.2 cm³/mol. The molecule has 7 nitrogen and oxygen atoms in total. The predicted octanol–water partition coefficient (Wildman–Crippen LogP) is 0.991. The van der Waals surface area contributed by atoms with Crippen LogP contribution in [0.4, 0.5) is 5.69 Å². The zero-order valence-corrected chi connectivity index (χ0v) is 11.5. The normalized spacial score (nSPS) is 19.1. The third-order valence-electron chi connectivity index (χ3n) is 2.97. The molecule has 1 aromatic carbocycles. The highest BCUT2D eigenvalue weighted by atomic mass is 35.5. The summed E-state index contributed by atoms with van der Waals surface area (Å²) in [5, 5.41) is 12.3. The van der Waals surface area contributed by atoms with Gasteiger partial charge in [-0.2, -0.15) is 0 Å². The lowest BCUT2D eigenvalue weighted by Gasteiger charge is -2.22. The fraction of sp³-hybridized carbons (Fsp3) is 0.417. The van der Waals surface area contributed by atoms with Gasteiger partial charge in [-0.05, 0) is 28.6 Å². The van der Waals surface area contributed by atoms with E-state index < -0.39 is 0 Å². The number of benzene rings is 1. The van der Waals surface area contributed by atoms with E-state index in [1.165, 1.54) is 0 Å². The van der Waals surface area contributed by atoms with Crippen LogP contribution in [0, 0.1) is 0 Å². The number of tetrazole rings is 1. The summed E-state index contributed by atoms with van der Waals surface area (Å²) in [5.41, 5.74) is 7.14. The Bertz CT molecular complexity index is 577. The lowest BCUT2D eigenvalue weighted by Crippen LogP contribution is -2.32. The van der Waals surface area contributed by atoms with Gasteiger partial charge in [0.05, 0.1) is 26.4 Å². The smallest absolute Gasteiger partial charge is 0.182 e. The number of nitrogens with zero attached hydrogens (tertiary/aromatic N) is 4.